The van der Waals surface area contributed by atoms with E-state index in [0.717, 1.165) is 18.7 Å². The van der Waals surface area contributed by atoms with Gasteiger partial charge in [-0.3, -0.25) is 16.4 Å². The monoisotopic (exact) mass is 235 g/mol. The van der Waals surface area contributed by atoms with Gasteiger partial charge in [-0.1, -0.05) is 30.3 Å². The fraction of sp³-hybridized carbons (Fsp3) is 0.333. The summed E-state index contributed by atoms with van der Waals surface area (Å²) in [4.78, 5) is 0. The molecule has 0 unspecified atom stereocenters. The Morgan fingerprint density at radius 2 is 1.50 bits per heavy atom. The van der Waals surface area contributed by atoms with Gasteiger partial charge in [0.1, 0.15) is 5.79 Å². The second-order valence-electron chi connectivity index (χ2n) is 3.03. The van der Waals surface area contributed by atoms with E-state index in [4.69, 9.17) is 5.73 Å². The Kier molecular flexibility index (Phi) is 5.41. The first-order chi connectivity index (χ1) is 5.81. The van der Waals surface area contributed by atoms with Crippen molar-refractivity contribution in [3.8, 4) is 0 Å². The molecule has 1 aliphatic heterocycles. The number of hydrogen-bond donors (Lipinski definition) is 3. The normalized spacial score (nSPS) is 18.1. The molecule has 1 aromatic carbocycles. The zero-order chi connectivity index (χ0) is 8.44. The summed E-state index contributed by atoms with van der Waals surface area (Å²) in [7, 11) is 0. The molecule has 0 atom stereocenters. The molecule has 1 heterocycles. The van der Waals surface area contributed by atoms with E-state index in [-0.39, 0.29) is 24.8 Å². The number of rotatable bonds is 1. The van der Waals surface area contributed by atoms with E-state index < -0.39 is 5.79 Å². The van der Waals surface area contributed by atoms with Gasteiger partial charge in [0.2, 0.25) is 0 Å². The Morgan fingerprint density at radius 3 is 2.00 bits per heavy atom. The van der Waals surface area contributed by atoms with Crippen molar-refractivity contribution in [2.45, 2.75) is 5.79 Å². The largest absolute Gasteiger partial charge is 0.297 e. The van der Waals surface area contributed by atoms with Crippen LogP contribution in [0, 0.1) is 0 Å². The molecule has 0 spiro atoms. The molecule has 4 N–H and O–H groups in total. The van der Waals surface area contributed by atoms with Crippen molar-refractivity contribution < 1.29 is 0 Å². The van der Waals surface area contributed by atoms with Crippen LogP contribution in [0.3, 0.4) is 0 Å². The Balaban J connectivity index is 0.000000845. The molecular formula is C9H15Cl2N3. The molecule has 0 saturated carbocycles. The Labute approximate surface area is 96.3 Å². The van der Waals surface area contributed by atoms with Crippen LogP contribution in [-0.2, 0) is 5.79 Å². The lowest BCUT2D eigenvalue weighted by molar-refractivity contribution is 0.360. The predicted octanol–water partition coefficient (Wildman–Crippen LogP) is 0.792. The van der Waals surface area contributed by atoms with Crippen LogP contribution in [0.2, 0.25) is 0 Å². The van der Waals surface area contributed by atoms with Crippen molar-refractivity contribution in [1.82, 2.24) is 10.6 Å². The van der Waals surface area contributed by atoms with Gasteiger partial charge in [-0.2, -0.15) is 0 Å². The second-order valence-corrected chi connectivity index (χ2v) is 3.03. The molecule has 1 aliphatic rings. The van der Waals surface area contributed by atoms with Crippen LogP contribution in [-0.4, -0.2) is 13.1 Å². The number of nitrogens with two attached hydrogens (primary N) is 1. The highest BCUT2D eigenvalue weighted by Gasteiger charge is 2.29. The Hall–Kier alpha value is -0.320. The fourth-order valence-corrected chi connectivity index (χ4v) is 1.49. The molecule has 2 rings (SSSR count). The average molecular weight is 236 g/mol. The summed E-state index contributed by atoms with van der Waals surface area (Å²) in [6.45, 7) is 1.84. The van der Waals surface area contributed by atoms with Gasteiger partial charge in [0, 0.05) is 18.7 Å². The molecule has 1 saturated heterocycles. The molecule has 0 aromatic heterocycles. The van der Waals surface area contributed by atoms with Gasteiger partial charge in [-0.15, -0.1) is 24.8 Å². The summed E-state index contributed by atoms with van der Waals surface area (Å²) in [5.41, 5.74) is 7.14. The molecule has 3 nitrogen and oxygen atoms in total. The van der Waals surface area contributed by atoms with Gasteiger partial charge in [-0.25, -0.2) is 0 Å². The molecule has 0 bridgehead atoms. The highest BCUT2D eigenvalue weighted by Crippen LogP contribution is 2.13. The van der Waals surface area contributed by atoms with Gasteiger partial charge in [0.25, 0.3) is 0 Å². The van der Waals surface area contributed by atoms with Crippen LogP contribution in [0.4, 0.5) is 0 Å². The van der Waals surface area contributed by atoms with E-state index in [0.29, 0.717) is 0 Å². The number of benzene rings is 1. The first-order valence-corrected chi connectivity index (χ1v) is 4.16. The van der Waals surface area contributed by atoms with E-state index in [2.05, 4.69) is 10.6 Å². The molecule has 5 heteroatoms. The van der Waals surface area contributed by atoms with Crippen LogP contribution < -0.4 is 16.4 Å². The SMILES string of the molecule is Cl.Cl.NC1(c2ccccc2)NCCN1. The lowest BCUT2D eigenvalue weighted by Gasteiger charge is -2.24. The highest BCUT2D eigenvalue weighted by molar-refractivity contribution is 5.85. The van der Waals surface area contributed by atoms with E-state index in [9.17, 15) is 0 Å². The Bertz CT molecular complexity index is 260. The first kappa shape index (κ1) is 13.7. The minimum atomic E-state index is -0.513. The lowest BCUT2D eigenvalue weighted by atomic mass is 10.1. The zero-order valence-electron chi connectivity index (χ0n) is 7.69. The topological polar surface area (TPSA) is 50.1 Å². The highest BCUT2D eigenvalue weighted by atomic mass is 35.5. The first-order valence-electron chi connectivity index (χ1n) is 4.16. The molecule has 0 radical (unpaired) electrons. The minimum absolute atomic E-state index is 0. The van der Waals surface area contributed by atoms with Crippen LogP contribution in [0.15, 0.2) is 30.3 Å². The summed E-state index contributed by atoms with van der Waals surface area (Å²) >= 11 is 0. The lowest BCUT2D eigenvalue weighted by Crippen LogP contribution is -2.54. The van der Waals surface area contributed by atoms with Crippen molar-refractivity contribution in [3.05, 3.63) is 35.9 Å². The zero-order valence-corrected chi connectivity index (χ0v) is 9.33. The third-order valence-corrected chi connectivity index (χ3v) is 2.16. The quantitative estimate of drug-likeness (QED) is 0.675. The van der Waals surface area contributed by atoms with Gasteiger partial charge in [0.05, 0.1) is 0 Å². The summed E-state index contributed by atoms with van der Waals surface area (Å²) in [6.07, 6.45) is 0. The van der Waals surface area contributed by atoms with Crippen LogP contribution >= 0.6 is 24.8 Å². The van der Waals surface area contributed by atoms with Crippen LogP contribution in [0.5, 0.6) is 0 Å². The standard InChI is InChI=1S/C9H13N3.2ClH/c10-9(11-6-7-12-9)8-4-2-1-3-5-8;;/h1-5,11-12H,6-7,10H2;2*1H. The van der Waals surface area contributed by atoms with E-state index in [1.165, 1.54) is 0 Å². The third-order valence-electron chi connectivity index (χ3n) is 2.16. The van der Waals surface area contributed by atoms with E-state index in [1.807, 2.05) is 30.3 Å². The smallest absolute Gasteiger partial charge is 0.148 e. The van der Waals surface area contributed by atoms with Crippen molar-refractivity contribution >= 4 is 24.8 Å². The van der Waals surface area contributed by atoms with Crippen molar-refractivity contribution in [3.63, 3.8) is 0 Å². The maximum Gasteiger partial charge on any atom is 0.148 e. The molecular weight excluding hydrogens is 221 g/mol. The summed E-state index contributed by atoms with van der Waals surface area (Å²) in [6, 6.07) is 10.0. The van der Waals surface area contributed by atoms with Gasteiger partial charge in [0.15, 0.2) is 0 Å². The van der Waals surface area contributed by atoms with Crippen LogP contribution in [0.1, 0.15) is 5.56 Å². The summed E-state index contributed by atoms with van der Waals surface area (Å²) in [5, 5.41) is 6.43. The number of hydrogen-bond acceptors (Lipinski definition) is 3. The van der Waals surface area contributed by atoms with Gasteiger partial charge in [-0.05, 0) is 0 Å². The molecule has 0 amide bonds. The average Bonchev–Trinajstić information content (AvgIpc) is 2.55. The van der Waals surface area contributed by atoms with Crippen molar-refractivity contribution in [1.29, 1.82) is 0 Å². The number of nitrogens with one attached hydrogen (secondary N) is 2. The number of halogens is 2. The second kappa shape index (κ2) is 5.53. The molecule has 0 aliphatic carbocycles. The third kappa shape index (κ3) is 2.59. The minimum Gasteiger partial charge on any atom is -0.297 e. The van der Waals surface area contributed by atoms with Gasteiger partial charge < -0.3 is 0 Å². The molecule has 1 fully saturated rings. The maximum atomic E-state index is 6.06. The molecule has 14 heavy (non-hydrogen) atoms. The van der Waals surface area contributed by atoms with Crippen LogP contribution in [0.25, 0.3) is 0 Å². The fourth-order valence-electron chi connectivity index (χ4n) is 1.49. The Morgan fingerprint density at radius 1 is 1.00 bits per heavy atom. The summed E-state index contributed by atoms with van der Waals surface area (Å²) in [5.74, 6) is -0.513. The molecule has 1 aromatic rings. The van der Waals surface area contributed by atoms with Gasteiger partial charge >= 0.3 is 0 Å². The molecule has 80 valence electrons. The van der Waals surface area contributed by atoms with Crippen molar-refractivity contribution in [2.24, 2.45) is 5.73 Å². The predicted molar refractivity (Wildman–Crippen MR) is 62.8 cm³/mol. The van der Waals surface area contributed by atoms with E-state index >= 15 is 0 Å². The maximum absolute atomic E-state index is 6.06. The van der Waals surface area contributed by atoms with Crippen molar-refractivity contribution in [2.75, 3.05) is 13.1 Å². The summed E-state index contributed by atoms with van der Waals surface area (Å²) < 4.78 is 0. The van der Waals surface area contributed by atoms with E-state index in [1.54, 1.807) is 0 Å².